The molecule has 0 spiro atoms. The van der Waals surface area contributed by atoms with Gasteiger partial charge in [-0.25, -0.2) is 0 Å². The Morgan fingerprint density at radius 2 is 1.73 bits per heavy atom. The van der Waals surface area contributed by atoms with Gasteiger partial charge in [-0.3, -0.25) is 14.5 Å². The summed E-state index contributed by atoms with van der Waals surface area (Å²) in [5, 5.41) is 0. The fourth-order valence-corrected chi connectivity index (χ4v) is 4.91. The fourth-order valence-electron chi connectivity index (χ4n) is 4.91. The quantitative estimate of drug-likeness (QED) is 0.697. The van der Waals surface area contributed by atoms with E-state index >= 15 is 0 Å². The van der Waals surface area contributed by atoms with E-state index in [-0.39, 0.29) is 11.8 Å². The summed E-state index contributed by atoms with van der Waals surface area (Å²) in [7, 11) is 0. The van der Waals surface area contributed by atoms with E-state index in [4.69, 9.17) is 4.74 Å². The molecule has 4 rings (SSSR count). The highest BCUT2D eigenvalue weighted by Gasteiger charge is 2.40. The van der Waals surface area contributed by atoms with E-state index in [1.165, 1.54) is 17.5 Å². The van der Waals surface area contributed by atoms with Crippen LogP contribution >= 0.6 is 0 Å². The molecule has 0 saturated carbocycles. The first-order valence-electron chi connectivity index (χ1n) is 11.5. The average molecular weight is 414 g/mol. The van der Waals surface area contributed by atoms with Crippen LogP contribution in [0, 0.1) is 25.7 Å². The first-order chi connectivity index (χ1) is 14.5. The molecule has 1 aromatic rings. The number of morpholine rings is 1. The molecule has 0 aliphatic carbocycles. The Labute approximate surface area is 180 Å². The number of carbonyl (C=O) groups is 2. The third-order valence-corrected chi connectivity index (χ3v) is 7.19. The van der Waals surface area contributed by atoms with Crippen molar-refractivity contribution in [3.63, 3.8) is 0 Å². The molecular formula is C24H35N3O3. The highest BCUT2D eigenvalue weighted by molar-refractivity contribution is 6.09. The maximum atomic E-state index is 13.1. The van der Waals surface area contributed by atoms with Gasteiger partial charge >= 0.3 is 0 Å². The van der Waals surface area contributed by atoms with E-state index in [0.29, 0.717) is 18.9 Å². The molecule has 3 aliphatic heterocycles. The first kappa shape index (κ1) is 21.3. The Kier molecular flexibility index (Phi) is 6.74. The normalized spacial score (nSPS) is 23.9. The van der Waals surface area contributed by atoms with E-state index in [1.807, 2.05) is 11.0 Å². The number of piperidine rings is 1. The van der Waals surface area contributed by atoms with Gasteiger partial charge in [0, 0.05) is 38.4 Å². The summed E-state index contributed by atoms with van der Waals surface area (Å²) in [5.74, 6) is 0.190. The second-order valence-electron chi connectivity index (χ2n) is 9.11. The van der Waals surface area contributed by atoms with Gasteiger partial charge in [-0.15, -0.1) is 0 Å². The minimum atomic E-state index is -0.503. The van der Waals surface area contributed by atoms with Gasteiger partial charge in [-0.1, -0.05) is 6.07 Å². The van der Waals surface area contributed by atoms with Gasteiger partial charge in [0.25, 0.3) is 0 Å². The second kappa shape index (κ2) is 9.48. The van der Waals surface area contributed by atoms with Crippen LogP contribution in [0.15, 0.2) is 18.2 Å². The zero-order valence-corrected chi connectivity index (χ0v) is 18.4. The largest absolute Gasteiger partial charge is 0.379 e. The predicted molar refractivity (Wildman–Crippen MR) is 118 cm³/mol. The van der Waals surface area contributed by atoms with E-state index in [9.17, 15) is 9.59 Å². The maximum absolute atomic E-state index is 13.1. The van der Waals surface area contributed by atoms with E-state index in [2.05, 4.69) is 30.9 Å². The topological polar surface area (TPSA) is 53.1 Å². The summed E-state index contributed by atoms with van der Waals surface area (Å²) in [4.78, 5) is 32.3. The average Bonchev–Trinajstić information content (AvgIpc) is 3.16. The Bertz CT molecular complexity index is 767. The Morgan fingerprint density at radius 1 is 1.00 bits per heavy atom. The molecule has 0 bridgehead atoms. The summed E-state index contributed by atoms with van der Waals surface area (Å²) in [6.45, 7) is 11.3. The Balaban J connectivity index is 1.27. The molecule has 3 aliphatic rings. The van der Waals surface area contributed by atoms with Crippen molar-refractivity contribution in [2.45, 2.75) is 39.5 Å². The summed E-state index contributed by atoms with van der Waals surface area (Å²) in [6.07, 6.45) is 3.93. The molecule has 1 unspecified atom stereocenters. The van der Waals surface area contributed by atoms with Crippen LogP contribution in [0.1, 0.15) is 36.8 Å². The zero-order chi connectivity index (χ0) is 21.1. The molecular weight excluding hydrogens is 378 g/mol. The molecule has 6 heteroatoms. The summed E-state index contributed by atoms with van der Waals surface area (Å²) >= 11 is 0. The van der Waals surface area contributed by atoms with Crippen molar-refractivity contribution in [3.8, 4) is 0 Å². The number of anilines is 1. The van der Waals surface area contributed by atoms with Gasteiger partial charge in [0.1, 0.15) is 5.92 Å². The van der Waals surface area contributed by atoms with Crippen LogP contribution in [-0.2, 0) is 14.3 Å². The molecule has 164 valence electrons. The van der Waals surface area contributed by atoms with Crippen LogP contribution < -0.4 is 4.90 Å². The Hall–Kier alpha value is -1.92. The molecule has 3 saturated heterocycles. The maximum Gasteiger partial charge on any atom is 0.239 e. The number of nitrogens with zero attached hydrogens (tertiary/aromatic N) is 3. The van der Waals surface area contributed by atoms with Crippen molar-refractivity contribution in [3.05, 3.63) is 29.3 Å². The lowest BCUT2D eigenvalue weighted by atomic mass is 9.92. The number of benzene rings is 1. The molecule has 30 heavy (non-hydrogen) atoms. The number of amides is 2. The van der Waals surface area contributed by atoms with Crippen molar-refractivity contribution < 1.29 is 14.3 Å². The minimum Gasteiger partial charge on any atom is -0.379 e. The summed E-state index contributed by atoms with van der Waals surface area (Å²) in [6, 6.07) is 6.10. The van der Waals surface area contributed by atoms with Gasteiger partial charge in [-0.05, 0) is 75.3 Å². The molecule has 3 heterocycles. The van der Waals surface area contributed by atoms with Crippen LogP contribution in [0.4, 0.5) is 5.69 Å². The number of carbonyl (C=O) groups excluding carboxylic acids is 2. The zero-order valence-electron chi connectivity index (χ0n) is 18.4. The third kappa shape index (κ3) is 4.70. The molecule has 6 nitrogen and oxygen atoms in total. The fraction of sp³-hybridized carbons (Fsp3) is 0.667. The van der Waals surface area contributed by atoms with Gasteiger partial charge in [0.05, 0.1) is 13.2 Å². The molecule has 1 atom stereocenters. The van der Waals surface area contributed by atoms with Gasteiger partial charge in [0.15, 0.2) is 0 Å². The van der Waals surface area contributed by atoms with Crippen LogP contribution in [0.5, 0.6) is 0 Å². The predicted octanol–water partition coefficient (Wildman–Crippen LogP) is 2.62. The van der Waals surface area contributed by atoms with Crippen LogP contribution in [0.3, 0.4) is 0 Å². The molecule has 1 aromatic carbocycles. The lowest BCUT2D eigenvalue weighted by Gasteiger charge is -2.34. The SMILES string of the molecule is Cc1ccc(N2CCC(C(=O)N3CCC(CCN4CCOCC4)CC3)C2=O)cc1C. The smallest absolute Gasteiger partial charge is 0.239 e. The monoisotopic (exact) mass is 413 g/mol. The highest BCUT2D eigenvalue weighted by atomic mass is 16.5. The van der Waals surface area contributed by atoms with Crippen molar-refractivity contribution in [1.29, 1.82) is 0 Å². The van der Waals surface area contributed by atoms with Crippen molar-refractivity contribution in [2.75, 3.05) is 57.4 Å². The second-order valence-corrected chi connectivity index (χ2v) is 9.11. The van der Waals surface area contributed by atoms with Crippen molar-refractivity contribution >= 4 is 17.5 Å². The summed E-state index contributed by atoms with van der Waals surface area (Å²) in [5.41, 5.74) is 3.31. The molecule has 3 fully saturated rings. The third-order valence-electron chi connectivity index (χ3n) is 7.19. The lowest BCUT2D eigenvalue weighted by molar-refractivity contribution is -0.141. The van der Waals surface area contributed by atoms with Crippen LogP contribution in [0.25, 0.3) is 0 Å². The summed E-state index contributed by atoms with van der Waals surface area (Å²) < 4.78 is 5.42. The van der Waals surface area contributed by atoms with Crippen LogP contribution in [0.2, 0.25) is 0 Å². The standard InChI is InChI=1S/C24H35N3O3/c1-18-3-4-21(17-19(18)2)27-12-8-22(24(27)29)23(28)26-10-6-20(7-11-26)5-9-25-13-15-30-16-14-25/h3-4,17,20,22H,5-16H2,1-2H3. The number of rotatable bonds is 5. The molecule has 0 radical (unpaired) electrons. The number of hydrogen-bond acceptors (Lipinski definition) is 4. The minimum absolute atomic E-state index is 0.0299. The van der Waals surface area contributed by atoms with E-state index in [0.717, 1.165) is 64.5 Å². The lowest BCUT2D eigenvalue weighted by Crippen LogP contribution is -2.44. The van der Waals surface area contributed by atoms with Gasteiger partial charge in [-0.2, -0.15) is 0 Å². The Morgan fingerprint density at radius 3 is 2.43 bits per heavy atom. The van der Waals surface area contributed by atoms with Crippen LogP contribution in [-0.4, -0.2) is 74.1 Å². The first-order valence-corrected chi connectivity index (χ1v) is 11.5. The highest BCUT2D eigenvalue weighted by Crippen LogP contribution is 2.30. The van der Waals surface area contributed by atoms with Crippen molar-refractivity contribution in [2.24, 2.45) is 11.8 Å². The number of hydrogen-bond donors (Lipinski definition) is 0. The molecule has 0 N–H and O–H groups in total. The van der Waals surface area contributed by atoms with E-state index < -0.39 is 5.92 Å². The number of ether oxygens (including phenoxy) is 1. The van der Waals surface area contributed by atoms with Crippen molar-refractivity contribution in [1.82, 2.24) is 9.80 Å². The van der Waals surface area contributed by atoms with Gasteiger partial charge in [0.2, 0.25) is 11.8 Å². The number of aryl methyl sites for hydroxylation is 2. The molecule has 0 aromatic heterocycles. The molecule has 2 amide bonds. The van der Waals surface area contributed by atoms with Gasteiger partial charge < -0.3 is 14.5 Å². The number of likely N-dealkylation sites (tertiary alicyclic amines) is 1. The van der Waals surface area contributed by atoms with E-state index in [1.54, 1.807) is 4.90 Å².